The van der Waals surface area contributed by atoms with Gasteiger partial charge in [0.1, 0.15) is 5.75 Å². The van der Waals surface area contributed by atoms with Crippen LogP contribution in [0.3, 0.4) is 0 Å². The number of rotatable bonds is 4. The fourth-order valence-electron chi connectivity index (χ4n) is 2.77. The Kier molecular flexibility index (Phi) is 3.92. The Hall–Kier alpha value is -1.87. The first-order chi connectivity index (χ1) is 10.5. The van der Waals surface area contributed by atoms with E-state index < -0.39 is 7.60 Å². The lowest BCUT2D eigenvalue weighted by Gasteiger charge is -2.15. The van der Waals surface area contributed by atoms with Crippen molar-refractivity contribution in [1.29, 1.82) is 0 Å². The van der Waals surface area contributed by atoms with E-state index in [1.54, 1.807) is 6.07 Å². The molecule has 3 aromatic carbocycles. The third-order valence-corrected chi connectivity index (χ3v) is 4.38. The van der Waals surface area contributed by atoms with Crippen molar-refractivity contribution in [3.8, 4) is 5.75 Å². The molecule has 0 bridgehead atoms. The van der Waals surface area contributed by atoms with E-state index in [4.69, 9.17) is 4.74 Å². The first-order valence-corrected chi connectivity index (χ1v) is 8.90. The molecule has 0 saturated carbocycles. The van der Waals surface area contributed by atoms with Gasteiger partial charge in [0.05, 0.1) is 12.8 Å². The van der Waals surface area contributed by atoms with Crippen molar-refractivity contribution in [3.63, 3.8) is 0 Å². The molecule has 0 amide bonds. The van der Waals surface area contributed by atoms with Crippen LogP contribution in [0.1, 0.15) is 12.5 Å². The molecule has 114 valence electrons. The minimum atomic E-state index is -4.14. The molecule has 3 aromatic rings. The topological polar surface area (TPSA) is 66.8 Å². The third kappa shape index (κ3) is 2.86. The molecule has 2 N–H and O–H groups in total. The summed E-state index contributed by atoms with van der Waals surface area (Å²) in [5.74, 6) is 0.564. The van der Waals surface area contributed by atoms with Crippen LogP contribution in [-0.4, -0.2) is 16.4 Å². The molecule has 0 saturated heterocycles. The van der Waals surface area contributed by atoms with Gasteiger partial charge in [-0.05, 0) is 23.1 Å². The molecule has 0 radical (unpaired) electrons. The third-order valence-electron chi connectivity index (χ3n) is 3.62. The Morgan fingerprint density at radius 1 is 0.955 bits per heavy atom. The highest BCUT2D eigenvalue weighted by molar-refractivity contribution is 7.50. The van der Waals surface area contributed by atoms with Crippen LogP contribution in [0.25, 0.3) is 21.5 Å². The largest absolute Gasteiger partial charge is 0.493 e. The SMILES string of the molecule is CCOc1c(CP(=O)(O)O)ccc2c1ccc1ccccc12. The average Bonchev–Trinajstić information content (AvgIpc) is 2.48. The quantitative estimate of drug-likeness (QED) is 0.562. The molecule has 22 heavy (non-hydrogen) atoms. The summed E-state index contributed by atoms with van der Waals surface area (Å²) in [6.45, 7) is 2.31. The Balaban J connectivity index is 2.30. The first-order valence-electron chi connectivity index (χ1n) is 7.10. The fraction of sp³-hybridized carbons (Fsp3) is 0.176. The highest BCUT2D eigenvalue weighted by Gasteiger charge is 2.19. The zero-order valence-electron chi connectivity index (χ0n) is 12.2. The van der Waals surface area contributed by atoms with E-state index in [9.17, 15) is 14.4 Å². The van der Waals surface area contributed by atoms with Crippen LogP contribution >= 0.6 is 7.60 Å². The van der Waals surface area contributed by atoms with E-state index in [-0.39, 0.29) is 6.16 Å². The molecular formula is C17H17O4P. The average molecular weight is 316 g/mol. The van der Waals surface area contributed by atoms with Gasteiger partial charge in [0, 0.05) is 10.9 Å². The lowest BCUT2D eigenvalue weighted by Crippen LogP contribution is -1.99. The smallest absolute Gasteiger partial charge is 0.330 e. The summed E-state index contributed by atoms with van der Waals surface area (Å²) in [7, 11) is -4.14. The van der Waals surface area contributed by atoms with Gasteiger partial charge < -0.3 is 14.5 Å². The normalized spacial score (nSPS) is 12.0. The van der Waals surface area contributed by atoms with E-state index >= 15 is 0 Å². The number of hydrogen-bond acceptors (Lipinski definition) is 2. The molecular weight excluding hydrogens is 299 g/mol. The predicted molar refractivity (Wildman–Crippen MR) is 88.4 cm³/mol. The van der Waals surface area contributed by atoms with Crippen LogP contribution in [0.4, 0.5) is 0 Å². The number of hydrogen-bond donors (Lipinski definition) is 2. The molecule has 0 unspecified atom stereocenters. The summed E-state index contributed by atoms with van der Waals surface area (Å²) in [5.41, 5.74) is 0.540. The molecule has 0 aliphatic carbocycles. The van der Waals surface area contributed by atoms with Gasteiger partial charge in [-0.15, -0.1) is 0 Å². The fourth-order valence-corrected chi connectivity index (χ4v) is 3.46. The summed E-state index contributed by atoms with van der Waals surface area (Å²) in [4.78, 5) is 18.5. The van der Waals surface area contributed by atoms with Crippen molar-refractivity contribution in [2.45, 2.75) is 13.1 Å². The van der Waals surface area contributed by atoms with Gasteiger partial charge >= 0.3 is 7.60 Å². The summed E-state index contributed by atoms with van der Waals surface area (Å²) >= 11 is 0. The van der Waals surface area contributed by atoms with E-state index in [2.05, 4.69) is 0 Å². The zero-order chi connectivity index (χ0) is 15.7. The lowest BCUT2D eigenvalue weighted by atomic mass is 9.99. The van der Waals surface area contributed by atoms with Crippen molar-refractivity contribution < 1.29 is 19.1 Å². The van der Waals surface area contributed by atoms with Crippen molar-refractivity contribution in [2.75, 3.05) is 6.61 Å². The van der Waals surface area contributed by atoms with Gasteiger partial charge in [-0.3, -0.25) is 4.57 Å². The van der Waals surface area contributed by atoms with Crippen LogP contribution in [0.2, 0.25) is 0 Å². The van der Waals surface area contributed by atoms with Crippen LogP contribution < -0.4 is 4.74 Å². The standard InChI is InChI=1S/C17H17O4P/c1-2-21-17-13(11-22(18,19)20)8-9-15-14-6-4-3-5-12(14)7-10-16(15)17/h3-10H,2,11H2,1H3,(H2,18,19,20). The maximum atomic E-state index is 11.3. The van der Waals surface area contributed by atoms with Gasteiger partial charge in [0.15, 0.2) is 0 Å². The predicted octanol–water partition coefficient (Wildman–Crippen LogP) is 4.07. The van der Waals surface area contributed by atoms with E-state index in [1.165, 1.54) is 0 Å². The van der Waals surface area contributed by atoms with Crippen LogP contribution in [0.5, 0.6) is 5.75 Å². The molecule has 0 aromatic heterocycles. The number of ether oxygens (including phenoxy) is 1. The lowest BCUT2D eigenvalue weighted by molar-refractivity contribution is 0.338. The minimum Gasteiger partial charge on any atom is -0.493 e. The first kappa shape index (κ1) is 15.0. The van der Waals surface area contributed by atoms with Gasteiger partial charge in [-0.1, -0.05) is 48.5 Å². The molecule has 0 atom stereocenters. The maximum Gasteiger partial charge on any atom is 0.330 e. The minimum absolute atomic E-state index is 0.314. The van der Waals surface area contributed by atoms with Gasteiger partial charge in [-0.25, -0.2) is 0 Å². The second-order valence-electron chi connectivity index (χ2n) is 5.19. The molecule has 0 spiro atoms. The van der Waals surface area contributed by atoms with Gasteiger partial charge in [0.25, 0.3) is 0 Å². The van der Waals surface area contributed by atoms with Crippen molar-refractivity contribution in [2.24, 2.45) is 0 Å². The Bertz CT molecular complexity index is 882. The maximum absolute atomic E-state index is 11.3. The molecule has 0 aliphatic rings. The highest BCUT2D eigenvalue weighted by Crippen LogP contribution is 2.44. The van der Waals surface area contributed by atoms with E-state index in [0.29, 0.717) is 17.9 Å². The molecule has 0 aliphatic heterocycles. The monoisotopic (exact) mass is 316 g/mol. The van der Waals surface area contributed by atoms with E-state index in [1.807, 2.05) is 49.4 Å². The second kappa shape index (κ2) is 5.73. The Morgan fingerprint density at radius 2 is 1.68 bits per heavy atom. The summed E-state index contributed by atoms with van der Waals surface area (Å²) in [6.07, 6.45) is -0.314. The second-order valence-corrected chi connectivity index (χ2v) is 6.84. The summed E-state index contributed by atoms with van der Waals surface area (Å²) in [5, 5.41) is 4.13. The number of fused-ring (bicyclic) bond motifs is 3. The molecule has 0 heterocycles. The van der Waals surface area contributed by atoms with Gasteiger partial charge in [0.2, 0.25) is 0 Å². The van der Waals surface area contributed by atoms with E-state index in [0.717, 1.165) is 21.5 Å². The van der Waals surface area contributed by atoms with Gasteiger partial charge in [-0.2, -0.15) is 0 Å². The summed E-state index contributed by atoms with van der Waals surface area (Å²) in [6, 6.07) is 15.7. The van der Waals surface area contributed by atoms with Crippen molar-refractivity contribution in [3.05, 3.63) is 54.1 Å². The number of benzene rings is 3. The molecule has 3 rings (SSSR count). The molecule has 0 fully saturated rings. The molecule has 5 heteroatoms. The summed E-state index contributed by atoms with van der Waals surface area (Å²) < 4.78 is 17.0. The molecule has 4 nitrogen and oxygen atoms in total. The zero-order valence-corrected chi connectivity index (χ0v) is 13.1. The van der Waals surface area contributed by atoms with Crippen LogP contribution in [-0.2, 0) is 10.7 Å². The van der Waals surface area contributed by atoms with Crippen LogP contribution in [0.15, 0.2) is 48.5 Å². The van der Waals surface area contributed by atoms with Crippen molar-refractivity contribution >= 4 is 29.1 Å². The Morgan fingerprint density at radius 3 is 2.41 bits per heavy atom. The highest BCUT2D eigenvalue weighted by atomic mass is 31.2. The van der Waals surface area contributed by atoms with Crippen LogP contribution in [0, 0.1) is 0 Å². The Labute approximate surface area is 128 Å². The van der Waals surface area contributed by atoms with Crippen molar-refractivity contribution in [1.82, 2.24) is 0 Å².